The van der Waals surface area contributed by atoms with Crippen molar-refractivity contribution in [2.24, 2.45) is 0 Å². The van der Waals surface area contributed by atoms with Crippen LogP contribution >= 0.6 is 11.8 Å². The first kappa shape index (κ1) is 15.2. The van der Waals surface area contributed by atoms with Gasteiger partial charge in [-0.3, -0.25) is 0 Å². The lowest BCUT2D eigenvalue weighted by molar-refractivity contribution is 0.0601. The maximum absolute atomic E-state index is 11.6. The van der Waals surface area contributed by atoms with Crippen LogP contribution < -0.4 is 5.73 Å². The second kappa shape index (κ2) is 6.09. The minimum atomic E-state index is -0.492. The topological polar surface area (TPSA) is 91.0 Å². The lowest BCUT2D eigenvalue weighted by Crippen LogP contribution is -2.06. The molecule has 2 aromatic rings. The zero-order chi connectivity index (χ0) is 15.6. The second-order valence-electron chi connectivity index (χ2n) is 4.51. The standard InChI is InChI=1S/C14H16N4O2S/c1-7-8(2)17-14(18-9(7)3)21-12-5-10(13(19)20-4)11(15)6-16-12/h5-6H,15H2,1-4H3. The minimum Gasteiger partial charge on any atom is -0.465 e. The molecule has 0 aliphatic heterocycles. The highest BCUT2D eigenvalue weighted by atomic mass is 32.2. The van der Waals surface area contributed by atoms with E-state index in [2.05, 4.69) is 19.7 Å². The Morgan fingerprint density at radius 1 is 1.24 bits per heavy atom. The summed E-state index contributed by atoms with van der Waals surface area (Å²) >= 11 is 1.28. The third-order valence-corrected chi connectivity index (χ3v) is 3.92. The number of carbonyl (C=O) groups excluding carboxylic acids is 1. The van der Waals surface area contributed by atoms with Gasteiger partial charge in [0, 0.05) is 11.4 Å². The number of nitrogen functional groups attached to an aromatic ring is 1. The van der Waals surface area contributed by atoms with Gasteiger partial charge in [-0.05, 0) is 44.2 Å². The van der Waals surface area contributed by atoms with Crippen LogP contribution in [0.3, 0.4) is 0 Å². The zero-order valence-electron chi connectivity index (χ0n) is 12.3. The SMILES string of the molecule is COC(=O)c1cc(Sc2nc(C)c(C)c(C)n2)ncc1N. The van der Waals surface area contributed by atoms with Gasteiger partial charge < -0.3 is 10.5 Å². The van der Waals surface area contributed by atoms with Crippen LogP contribution in [-0.2, 0) is 4.74 Å². The van der Waals surface area contributed by atoms with Crippen LogP contribution in [0.2, 0.25) is 0 Å². The molecule has 0 aliphatic rings. The summed E-state index contributed by atoms with van der Waals surface area (Å²) in [6, 6.07) is 1.58. The fourth-order valence-corrected chi connectivity index (χ4v) is 2.50. The van der Waals surface area contributed by atoms with Gasteiger partial charge in [0.25, 0.3) is 0 Å². The lowest BCUT2D eigenvalue weighted by Gasteiger charge is -2.08. The van der Waals surface area contributed by atoms with Crippen LogP contribution in [0.5, 0.6) is 0 Å². The molecule has 0 bridgehead atoms. The van der Waals surface area contributed by atoms with Crippen LogP contribution in [0.15, 0.2) is 22.4 Å². The number of hydrogen-bond acceptors (Lipinski definition) is 7. The van der Waals surface area contributed by atoms with E-state index in [1.807, 2.05) is 20.8 Å². The molecule has 0 unspecified atom stereocenters. The Kier molecular flexibility index (Phi) is 4.42. The normalized spacial score (nSPS) is 10.5. The molecule has 0 aliphatic carbocycles. The Morgan fingerprint density at radius 2 is 1.86 bits per heavy atom. The number of nitrogens with two attached hydrogens (primary N) is 1. The van der Waals surface area contributed by atoms with Gasteiger partial charge in [0.1, 0.15) is 5.03 Å². The Labute approximate surface area is 127 Å². The highest BCUT2D eigenvalue weighted by molar-refractivity contribution is 7.99. The number of aromatic nitrogens is 3. The molecular weight excluding hydrogens is 288 g/mol. The van der Waals surface area contributed by atoms with Gasteiger partial charge in [-0.1, -0.05) is 0 Å². The molecule has 0 fully saturated rings. The quantitative estimate of drug-likeness (QED) is 0.687. The summed E-state index contributed by atoms with van der Waals surface area (Å²) in [5.41, 5.74) is 9.21. The first-order valence-electron chi connectivity index (χ1n) is 6.26. The fraction of sp³-hybridized carbons (Fsp3) is 0.286. The molecular formula is C14H16N4O2S. The van der Waals surface area contributed by atoms with Crippen molar-refractivity contribution in [3.05, 3.63) is 34.8 Å². The number of pyridine rings is 1. The average molecular weight is 304 g/mol. The van der Waals surface area contributed by atoms with E-state index in [9.17, 15) is 4.79 Å². The summed E-state index contributed by atoms with van der Waals surface area (Å²) in [4.78, 5) is 24.6. The predicted molar refractivity (Wildman–Crippen MR) is 80.4 cm³/mol. The highest BCUT2D eigenvalue weighted by Gasteiger charge is 2.13. The van der Waals surface area contributed by atoms with Crippen LogP contribution in [0.1, 0.15) is 27.3 Å². The molecule has 0 saturated heterocycles. The predicted octanol–water partition coefficient (Wildman–Crippen LogP) is 2.32. The Hall–Kier alpha value is -2.15. The molecule has 2 aromatic heterocycles. The van der Waals surface area contributed by atoms with Gasteiger partial charge in [0.2, 0.25) is 0 Å². The zero-order valence-corrected chi connectivity index (χ0v) is 13.1. The fourth-order valence-electron chi connectivity index (χ4n) is 1.67. The van der Waals surface area contributed by atoms with Crippen LogP contribution in [0.4, 0.5) is 5.69 Å². The number of methoxy groups -OCH3 is 1. The molecule has 7 heteroatoms. The van der Waals surface area contributed by atoms with Crippen LogP contribution in [0.25, 0.3) is 0 Å². The summed E-state index contributed by atoms with van der Waals surface area (Å²) in [6.45, 7) is 5.85. The minimum absolute atomic E-state index is 0.281. The number of nitrogens with zero attached hydrogens (tertiary/aromatic N) is 3. The summed E-state index contributed by atoms with van der Waals surface area (Å²) < 4.78 is 4.69. The summed E-state index contributed by atoms with van der Waals surface area (Å²) in [7, 11) is 1.31. The molecule has 0 atom stereocenters. The van der Waals surface area contributed by atoms with Gasteiger partial charge in [-0.15, -0.1) is 0 Å². The summed E-state index contributed by atoms with van der Waals surface area (Å²) in [5, 5.41) is 1.18. The molecule has 2 heterocycles. The van der Waals surface area contributed by atoms with Crippen molar-refractivity contribution < 1.29 is 9.53 Å². The van der Waals surface area contributed by atoms with Crippen molar-refractivity contribution in [3.8, 4) is 0 Å². The number of ether oxygens (including phenoxy) is 1. The lowest BCUT2D eigenvalue weighted by atomic mass is 10.2. The maximum Gasteiger partial charge on any atom is 0.340 e. The molecule has 0 radical (unpaired) electrons. The van der Waals surface area contributed by atoms with Crippen molar-refractivity contribution in [2.75, 3.05) is 12.8 Å². The Bertz CT molecular complexity index is 680. The van der Waals surface area contributed by atoms with Crippen molar-refractivity contribution >= 4 is 23.4 Å². The Morgan fingerprint density at radius 3 is 2.43 bits per heavy atom. The number of esters is 1. The van der Waals surface area contributed by atoms with Crippen LogP contribution in [0, 0.1) is 20.8 Å². The van der Waals surface area contributed by atoms with Crippen molar-refractivity contribution in [1.29, 1.82) is 0 Å². The molecule has 0 amide bonds. The van der Waals surface area contributed by atoms with E-state index in [4.69, 9.17) is 5.73 Å². The van der Waals surface area contributed by atoms with E-state index >= 15 is 0 Å². The van der Waals surface area contributed by atoms with Gasteiger partial charge >= 0.3 is 5.97 Å². The Balaban J connectivity index is 2.34. The number of hydrogen-bond donors (Lipinski definition) is 1. The molecule has 0 spiro atoms. The molecule has 110 valence electrons. The van der Waals surface area contributed by atoms with Gasteiger partial charge in [0.15, 0.2) is 5.16 Å². The third kappa shape index (κ3) is 3.30. The van der Waals surface area contributed by atoms with E-state index in [-0.39, 0.29) is 11.3 Å². The largest absolute Gasteiger partial charge is 0.465 e. The van der Waals surface area contributed by atoms with E-state index in [0.29, 0.717) is 10.2 Å². The molecule has 21 heavy (non-hydrogen) atoms. The second-order valence-corrected chi connectivity index (χ2v) is 5.49. The number of carbonyl (C=O) groups is 1. The van der Waals surface area contributed by atoms with Crippen molar-refractivity contribution in [2.45, 2.75) is 31.0 Å². The molecule has 2 N–H and O–H groups in total. The number of aryl methyl sites for hydroxylation is 2. The first-order valence-corrected chi connectivity index (χ1v) is 7.07. The third-order valence-electron chi connectivity index (χ3n) is 3.12. The average Bonchev–Trinajstić information content (AvgIpc) is 2.46. The highest BCUT2D eigenvalue weighted by Crippen LogP contribution is 2.26. The smallest absolute Gasteiger partial charge is 0.340 e. The summed E-state index contributed by atoms with van der Waals surface area (Å²) in [6.07, 6.45) is 1.43. The maximum atomic E-state index is 11.6. The van der Waals surface area contributed by atoms with Crippen molar-refractivity contribution in [3.63, 3.8) is 0 Å². The van der Waals surface area contributed by atoms with E-state index < -0.39 is 5.97 Å². The molecule has 2 rings (SSSR count). The monoisotopic (exact) mass is 304 g/mol. The molecule has 0 saturated carbocycles. The number of rotatable bonds is 3. The number of anilines is 1. The van der Waals surface area contributed by atoms with E-state index in [1.165, 1.54) is 25.1 Å². The molecule has 0 aromatic carbocycles. The van der Waals surface area contributed by atoms with E-state index in [0.717, 1.165) is 17.0 Å². The van der Waals surface area contributed by atoms with Crippen LogP contribution in [-0.4, -0.2) is 28.0 Å². The van der Waals surface area contributed by atoms with Crippen molar-refractivity contribution in [1.82, 2.24) is 15.0 Å². The van der Waals surface area contributed by atoms with Gasteiger partial charge in [0.05, 0.1) is 24.6 Å². The first-order chi connectivity index (χ1) is 9.92. The van der Waals surface area contributed by atoms with Gasteiger partial charge in [-0.2, -0.15) is 0 Å². The van der Waals surface area contributed by atoms with Gasteiger partial charge in [-0.25, -0.2) is 19.7 Å². The van der Waals surface area contributed by atoms with E-state index in [1.54, 1.807) is 6.07 Å². The summed E-state index contributed by atoms with van der Waals surface area (Å²) in [5.74, 6) is -0.492. The molecule has 6 nitrogen and oxygen atoms in total.